The van der Waals surface area contributed by atoms with Crippen LogP contribution in [0.1, 0.15) is 5.56 Å². The summed E-state index contributed by atoms with van der Waals surface area (Å²) in [5.41, 5.74) is 0.121. The fraction of sp³-hybridized carbons (Fsp3) is 0.0667. The van der Waals surface area contributed by atoms with Crippen LogP contribution in [0.25, 0.3) is 0 Å². The third-order valence-corrected chi connectivity index (χ3v) is 2.63. The summed E-state index contributed by atoms with van der Waals surface area (Å²) in [5, 5.41) is 11.7. The van der Waals surface area contributed by atoms with Crippen LogP contribution in [-0.4, -0.2) is 5.11 Å². The Bertz CT molecular complexity index is 589. The number of benzene rings is 2. The lowest BCUT2D eigenvalue weighted by atomic mass is 10.2. The van der Waals surface area contributed by atoms with E-state index in [9.17, 15) is 8.78 Å². The molecule has 0 heterocycles. The van der Waals surface area contributed by atoms with Gasteiger partial charge in [-0.1, -0.05) is 6.58 Å². The normalized spacial score (nSPS) is 10.1. The second-order valence-corrected chi connectivity index (χ2v) is 4.05. The van der Waals surface area contributed by atoms with E-state index in [1.54, 1.807) is 0 Å². The quantitative estimate of drug-likeness (QED) is 0.873. The highest BCUT2D eigenvalue weighted by molar-refractivity contribution is 5.47. The maximum Gasteiger partial charge on any atom is 0.134 e. The number of anilines is 1. The largest absolute Gasteiger partial charge is 0.508 e. The molecule has 0 aliphatic carbocycles. The van der Waals surface area contributed by atoms with E-state index in [0.29, 0.717) is 5.75 Å². The van der Waals surface area contributed by atoms with Crippen molar-refractivity contribution >= 4 is 5.69 Å². The van der Waals surface area contributed by atoms with E-state index in [2.05, 4.69) is 11.9 Å². The van der Waals surface area contributed by atoms with Crippen molar-refractivity contribution < 1.29 is 18.6 Å². The summed E-state index contributed by atoms with van der Waals surface area (Å²) in [6, 6.07) is 8.22. The lowest BCUT2D eigenvalue weighted by molar-refractivity contribution is 0.292. The van der Waals surface area contributed by atoms with E-state index < -0.39 is 11.6 Å². The molecule has 0 aliphatic heterocycles. The van der Waals surface area contributed by atoms with E-state index >= 15 is 0 Å². The van der Waals surface area contributed by atoms with Gasteiger partial charge >= 0.3 is 0 Å². The fourth-order valence-electron chi connectivity index (χ4n) is 1.64. The van der Waals surface area contributed by atoms with Crippen molar-refractivity contribution in [1.82, 2.24) is 0 Å². The summed E-state index contributed by atoms with van der Waals surface area (Å²) in [5.74, 6) is -0.897. The van der Waals surface area contributed by atoms with Crippen LogP contribution in [0.3, 0.4) is 0 Å². The minimum absolute atomic E-state index is 0.0922. The molecule has 0 radical (unpaired) electrons. The Kier molecular flexibility index (Phi) is 4.20. The Morgan fingerprint density at radius 1 is 1.15 bits per heavy atom. The monoisotopic (exact) mass is 277 g/mol. The first-order valence-electron chi connectivity index (χ1n) is 5.87. The Morgan fingerprint density at radius 3 is 2.30 bits per heavy atom. The van der Waals surface area contributed by atoms with Gasteiger partial charge in [-0.05, 0) is 42.6 Å². The molecule has 2 aromatic rings. The molecule has 0 atom stereocenters. The van der Waals surface area contributed by atoms with Crippen LogP contribution < -0.4 is 10.1 Å². The van der Waals surface area contributed by atoms with Crippen LogP contribution in [0.2, 0.25) is 0 Å². The number of halogens is 2. The number of hydrogen-bond donors (Lipinski definition) is 2. The predicted molar refractivity (Wildman–Crippen MR) is 72.6 cm³/mol. The highest BCUT2D eigenvalue weighted by Gasteiger charge is 2.11. The Morgan fingerprint density at radius 2 is 1.75 bits per heavy atom. The van der Waals surface area contributed by atoms with Gasteiger partial charge in [-0.15, -0.1) is 0 Å². The third-order valence-electron chi connectivity index (χ3n) is 2.63. The van der Waals surface area contributed by atoms with Crippen molar-refractivity contribution in [3.05, 3.63) is 66.4 Å². The highest BCUT2D eigenvalue weighted by Crippen LogP contribution is 2.22. The Balaban J connectivity index is 2.13. The van der Waals surface area contributed by atoms with Gasteiger partial charge in [0.25, 0.3) is 0 Å². The molecule has 20 heavy (non-hydrogen) atoms. The molecule has 2 rings (SSSR count). The molecular formula is C15H13F2NO2. The Hall–Kier alpha value is -2.56. The van der Waals surface area contributed by atoms with Crippen LogP contribution >= 0.6 is 0 Å². The second kappa shape index (κ2) is 6.06. The topological polar surface area (TPSA) is 41.5 Å². The molecule has 3 nitrogen and oxygen atoms in total. The minimum Gasteiger partial charge on any atom is -0.508 e. The van der Waals surface area contributed by atoms with Crippen LogP contribution in [0.15, 0.2) is 49.2 Å². The fourth-order valence-corrected chi connectivity index (χ4v) is 1.64. The van der Waals surface area contributed by atoms with Gasteiger partial charge in [0.1, 0.15) is 29.7 Å². The molecule has 0 spiro atoms. The van der Waals surface area contributed by atoms with Gasteiger partial charge in [0.2, 0.25) is 0 Å². The summed E-state index contributed by atoms with van der Waals surface area (Å²) in [6.45, 7) is 3.18. The predicted octanol–water partition coefficient (Wildman–Crippen LogP) is 3.80. The van der Waals surface area contributed by atoms with Crippen LogP contribution in [0.5, 0.6) is 11.5 Å². The first-order chi connectivity index (χ1) is 9.60. The van der Waals surface area contributed by atoms with Crippen molar-refractivity contribution in [1.29, 1.82) is 0 Å². The van der Waals surface area contributed by atoms with Crippen molar-refractivity contribution in [3.8, 4) is 11.5 Å². The van der Waals surface area contributed by atoms with Crippen LogP contribution in [0.4, 0.5) is 14.5 Å². The summed E-state index contributed by atoms with van der Waals surface area (Å²) in [4.78, 5) is 0. The SMILES string of the molecule is C=CNc1cc(F)c(COc2ccc(O)cc2)c(F)c1. The van der Waals surface area contributed by atoms with E-state index in [4.69, 9.17) is 9.84 Å². The molecule has 0 aliphatic rings. The number of aromatic hydroxyl groups is 1. The molecule has 0 saturated carbocycles. The molecule has 0 aromatic heterocycles. The van der Waals surface area contributed by atoms with Gasteiger partial charge in [0.05, 0.1) is 5.56 Å². The standard InChI is InChI=1S/C15H13F2NO2/c1-2-18-10-7-14(16)13(15(17)8-10)9-20-12-5-3-11(19)4-6-12/h2-8,18-19H,1,9H2. The van der Waals surface area contributed by atoms with Crippen molar-refractivity contribution in [2.45, 2.75) is 6.61 Å². The minimum atomic E-state index is -0.701. The molecule has 0 bridgehead atoms. The summed E-state index contributed by atoms with van der Waals surface area (Å²) in [7, 11) is 0. The third kappa shape index (κ3) is 3.26. The average molecular weight is 277 g/mol. The zero-order chi connectivity index (χ0) is 14.5. The zero-order valence-corrected chi connectivity index (χ0v) is 10.6. The zero-order valence-electron chi connectivity index (χ0n) is 10.6. The van der Waals surface area contributed by atoms with Gasteiger partial charge < -0.3 is 15.2 Å². The highest BCUT2D eigenvalue weighted by atomic mass is 19.1. The van der Waals surface area contributed by atoms with Crippen LogP contribution in [-0.2, 0) is 6.61 Å². The molecule has 2 N–H and O–H groups in total. The van der Waals surface area contributed by atoms with E-state index in [1.807, 2.05) is 0 Å². The van der Waals surface area contributed by atoms with Gasteiger partial charge in [0.15, 0.2) is 0 Å². The average Bonchev–Trinajstić information content (AvgIpc) is 2.40. The number of hydrogen-bond acceptors (Lipinski definition) is 3. The lowest BCUT2D eigenvalue weighted by Crippen LogP contribution is -2.03. The summed E-state index contributed by atoms with van der Waals surface area (Å²) < 4.78 is 32.8. The number of nitrogens with one attached hydrogen (secondary N) is 1. The molecule has 5 heteroatoms. The summed E-state index contributed by atoms with van der Waals surface area (Å²) >= 11 is 0. The molecule has 2 aromatic carbocycles. The smallest absolute Gasteiger partial charge is 0.134 e. The molecular weight excluding hydrogens is 264 g/mol. The second-order valence-electron chi connectivity index (χ2n) is 4.05. The first-order valence-corrected chi connectivity index (χ1v) is 5.87. The molecule has 0 saturated heterocycles. The van der Waals surface area contributed by atoms with Crippen molar-refractivity contribution in [2.24, 2.45) is 0 Å². The number of ether oxygens (including phenoxy) is 1. The molecule has 104 valence electrons. The van der Waals surface area contributed by atoms with E-state index in [-0.39, 0.29) is 23.6 Å². The van der Waals surface area contributed by atoms with Crippen molar-refractivity contribution in [2.75, 3.05) is 5.32 Å². The maximum atomic E-state index is 13.8. The van der Waals surface area contributed by atoms with Crippen molar-refractivity contribution in [3.63, 3.8) is 0 Å². The van der Waals surface area contributed by atoms with Crippen LogP contribution in [0, 0.1) is 11.6 Å². The molecule has 0 fully saturated rings. The van der Waals surface area contributed by atoms with E-state index in [0.717, 1.165) is 0 Å². The van der Waals surface area contributed by atoms with Gasteiger partial charge in [-0.25, -0.2) is 8.78 Å². The maximum absolute atomic E-state index is 13.8. The van der Waals surface area contributed by atoms with Gasteiger partial charge in [-0.2, -0.15) is 0 Å². The number of phenols is 1. The van der Waals surface area contributed by atoms with E-state index in [1.165, 1.54) is 42.6 Å². The summed E-state index contributed by atoms with van der Waals surface area (Å²) in [6.07, 6.45) is 1.33. The lowest BCUT2D eigenvalue weighted by Gasteiger charge is -2.10. The molecule has 0 amide bonds. The first kappa shape index (κ1) is 13.9. The Labute approximate surface area is 115 Å². The number of phenolic OH excluding ortho intramolecular Hbond substituents is 1. The van der Waals surface area contributed by atoms with Gasteiger partial charge in [0, 0.05) is 5.69 Å². The molecule has 0 unspecified atom stereocenters. The van der Waals surface area contributed by atoms with Gasteiger partial charge in [-0.3, -0.25) is 0 Å². The number of rotatable bonds is 5.